The highest BCUT2D eigenvalue weighted by Crippen LogP contribution is 2.38. The molecule has 0 aliphatic carbocycles. The van der Waals surface area contributed by atoms with Crippen molar-refractivity contribution >= 4 is 11.6 Å². The normalized spacial score (nSPS) is 18.1. The number of benzene rings is 1. The Morgan fingerprint density at radius 3 is 2.53 bits per heavy atom. The quantitative estimate of drug-likeness (QED) is 0.763. The van der Waals surface area contributed by atoms with Crippen molar-refractivity contribution in [2.75, 3.05) is 5.32 Å². The van der Waals surface area contributed by atoms with Gasteiger partial charge in [0.2, 0.25) is 0 Å². The Morgan fingerprint density at radius 1 is 1.29 bits per heavy atom. The number of halogens is 3. The maximum absolute atomic E-state index is 12.5. The van der Waals surface area contributed by atoms with Crippen molar-refractivity contribution in [3.8, 4) is 5.75 Å². The van der Waals surface area contributed by atoms with Gasteiger partial charge in [-0.25, -0.2) is 0 Å². The number of fused-ring (bicyclic) bond motifs is 1. The summed E-state index contributed by atoms with van der Waals surface area (Å²) in [4.78, 5) is 11.5. The molecule has 0 bridgehead atoms. The molecular weight excluding hydrogens is 235 g/mol. The number of hydrogen-bond donors (Lipinski definition) is 1. The maximum Gasteiger partial charge on any atom is 0.416 e. The van der Waals surface area contributed by atoms with Crippen LogP contribution in [-0.2, 0) is 11.0 Å². The molecule has 0 fully saturated rings. The first-order valence-corrected chi connectivity index (χ1v) is 4.92. The predicted molar refractivity (Wildman–Crippen MR) is 54.8 cm³/mol. The fraction of sp³-hybridized carbons (Fsp3) is 0.364. The summed E-state index contributed by atoms with van der Waals surface area (Å²) in [7, 11) is 0. The van der Waals surface area contributed by atoms with Crippen LogP contribution >= 0.6 is 0 Å². The van der Waals surface area contributed by atoms with E-state index in [1.54, 1.807) is 0 Å². The second-order valence-corrected chi connectivity index (χ2v) is 4.28. The van der Waals surface area contributed by atoms with E-state index in [4.69, 9.17) is 4.74 Å². The van der Waals surface area contributed by atoms with Gasteiger partial charge < -0.3 is 10.1 Å². The van der Waals surface area contributed by atoms with E-state index < -0.39 is 17.3 Å². The summed E-state index contributed by atoms with van der Waals surface area (Å²) >= 11 is 0. The zero-order chi connectivity index (χ0) is 12.8. The van der Waals surface area contributed by atoms with Crippen LogP contribution in [0.5, 0.6) is 5.75 Å². The van der Waals surface area contributed by atoms with Crippen LogP contribution in [0.1, 0.15) is 19.4 Å². The molecule has 1 aliphatic rings. The molecule has 17 heavy (non-hydrogen) atoms. The third kappa shape index (κ3) is 2.07. The first-order valence-electron chi connectivity index (χ1n) is 4.92. The number of rotatable bonds is 0. The average molecular weight is 245 g/mol. The van der Waals surface area contributed by atoms with Crippen molar-refractivity contribution in [3.63, 3.8) is 0 Å². The third-order valence-electron chi connectivity index (χ3n) is 2.47. The van der Waals surface area contributed by atoms with Crippen molar-refractivity contribution in [3.05, 3.63) is 23.8 Å². The Morgan fingerprint density at radius 2 is 1.94 bits per heavy atom. The summed E-state index contributed by atoms with van der Waals surface area (Å²) in [6.07, 6.45) is -4.43. The lowest BCUT2D eigenvalue weighted by molar-refractivity contribution is -0.137. The van der Waals surface area contributed by atoms with Gasteiger partial charge in [-0.15, -0.1) is 0 Å². The summed E-state index contributed by atoms with van der Waals surface area (Å²) in [5.41, 5.74) is -1.72. The number of carbonyl (C=O) groups is 1. The number of carbonyl (C=O) groups excluding carboxylic acids is 1. The van der Waals surface area contributed by atoms with E-state index in [-0.39, 0.29) is 17.3 Å². The molecule has 1 aliphatic heterocycles. The molecule has 0 radical (unpaired) electrons. The molecule has 1 aromatic carbocycles. The third-order valence-corrected chi connectivity index (χ3v) is 2.47. The molecule has 1 aromatic rings. The van der Waals surface area contributed by atoms with Crippen molar-refractivity contribution in [2.24, 2.45) is 0 Å². The van der Waals surface area contributed by atoms with Crippen LogP contribution in [0.15, 0.2) is 18.2 Å². The van der Waals surface area contributed by atoms with Crippen LogP contribution < -0.4 is 10.1 Å². The molecule has 92 valence electrons. The molecule has 6 heteroatoms. The van der Waals surface area contributed by atoms with Crippen molar-refractivity contribution in [1.29, 1.82) is 0 Å². The van der Waals surface area contributed by atoms with E-state index in [9.17, 15) is 18.0 Å². The van der Waals surface area contributed by atoms with Gasteiger partial charge in [-0.1, -0.05) is 0 Å². The SMILES string of the molecule is CC1(C)Oc2cc(C(F)(F)F)ccc2NC1=O. The smallest absolute Gasteiger partial charge is 0.416 e. The molecule has 1 heterocycles. The lowest BCUT2D eigenvalue weighted by Crippen LogP contribution is -2.45. The largest absolute Gasteiger partial charge is 0.476 e. The van der Waals surface area contributed by atoms with Crippen molar-refractivity contribution < 1.29 is 22.7 Å². The van der Waals surface area contributed by atoms with Gasteiger partial charge in [-0.05, 0) is 32.0 Å². The van der Waals surface area contributed by atoms with E-state index in [1.807, 2.05) is 0 Å². The second-order valence-electron chi connectivity index (χ2n) is 4.28. The van der Waals surface area contributed by atoms with Gasteiger partial charge in [-0.3, -0.25) is 4.79 Å². The topological polar surface area (TPSA) is 38.3 Å². The minimum Gasteiger partial charge on any atom is -0.476 e. The molecule has 1 N–H and O–H groups in total. The molecular formula is C11H10F3NO2. The number of alkyl halides is 3. The van der Waals surface area contributed by atoms with Gasteiger partial charge in [0.25, 0.3) is 5.91 Å². The highest BCUT2D eigenvalue weighted by Gasteiger charge is 2.37. The summed E-state index contributed by atoms with van der Waals surface area (Å²) in [5.74, 6) is -0.353. The molecule has 2 rings (SSSR count). The molecule has 1 amide bonds. The Bertz CT molecular complexity index is 480. The van der Waals surface area contributed by atoms with Crippen molar-refractivity contribution in [2.45, 2.75) is 25.6 Å². The number of amides is 1. The van der Waals surface area contributed by atoms with Gasteiger partial charge in [0.05, 0.1) is 11.3 Å². The molecule has 0 aromatic heterocycles. The van der Waals surface area contributed by atoms with Gasteiger partial charge in [-0.2, -0.15) is 13.2 Å². The molecule has 0 unspecified atom stereocenters. The fourth-order valence-electron chi connectivity index (χ4n) is 1.48. The van der Waals surface area contributed by atoms with Gasteiger partial charge in [0.1, 0.15) is 5.75 Å². The number of ether oxygens (including phenoxy) is 1. The van der Waals surface area contributed by atoms with E-state index in [2.05, 4.69) is 5.32 Å². The molecule has 0 saturated heterocycles. The van der Waals surface area contributed by atoms with Crippen LogP contribution in [0.3, 0.4) is 0 Å². The van der Waals surface area contributed by atoms with Crippen LogP contribution in [0.25, 0.3) is 0 Å². The summed E-state index contributed by atoms with van der Waals surface area (Å²) in [5, 5.41) is 2.50. The first-order chi connectivity index (χ1) is 7.70. The molecule has 0 spiro atoms. The zero-order valence-electron chi connectivity index (χ0n) is 9.18. The molecule has 0 atom stereocenters. The van der Waals surface area contributed by atoms with Gasteiger partial charge in [0, 0.05) is 0 Å². The molecule has 3 nitrogen and oxygen atoms in total. The van der Waals surface area contributed by atoms with Crippen LogP contribution in [0.4, 0.5) is 18.9 Å². The van der Waals surface area contributed by atoms with E-state index in [1.165, 1.54) is 19.9 Å². The summed E-state index contributed by atoms with van der Waals surface area (Å²) in [6, 6.07) is 2.97. The number of anilines is 1. The van der Waals surface area contributed by atoms with Gasteiger partial charge in [0.15, 0.2) is 5.60 Å². The highest BCUT2D eigenvalue weighted by molar-refractivity contribution is 6.00. The predicted octanol–water partition coefficient (Wildman–Crippen LogP) is 2.81. The second kappa shape index (κ2) is 3.38. The van der Waals surface area contributed by atoms with E-state index in [0.29, 0.717) is 0 Å². The standard InChI is InChI=1S/C11H10F3NO2/c1-10(2)9(16)15-7-4-3-6(11(12,13)14)5-8(7)17-10/h3-5H,1-2H3,(H,15,16). The lowest BCUT2D eigenvalue weighted by atomic mass is 10.0. The monoisotopic (exact) mass is 245 g/mol. The van der Waals surface area contributed by atoms with Gasteiger partial charge >= 0.3 is 6.18 Å². The summed E-state index contributed by atoms with van der Waals surface area (Å²) in [6.45, 7) is 2.98. The zero-order valence-corrected chi connectivity index (χ0v) is 9.18. The van der Waals surface area contributed by atoms with E-state index >= 15 is 0 Å². The van der Waals surface area contributed by atoms with E-state index in [0.717, 1.165) is 12.1 Å². The minimum atomic E-state index is -4.43. The number of hydrogen-bond acceptors (Lipinski definition) is 2. The lowest BCUT2D eigenvalue weighted by Gasteiger charge is -2.31. The minimum absolute atomic E-state index is 0.0319. The van der Waals surface area contributed by atoms with Crippen LogP contribution in [0.2, 0.25) is 0 Å². The maximum atomic E-state index is 12.5. The number of nitrogens with one attached hydrogen (secondary N) is 1. The Hall–Kier alpha value is -1.72. The van der Waals surface area contributed by atoms with Crippen LogP contribution in [0, 0.1) is 0 Å². The average Bonchev–Trinajstić information content (AvgIpc) is 2.17. The Labute approximate surface area is 95.6 Å². The van der Waals surface area contributed by atoms with Crippen LogP contribution in [-0.4, -0.2) is 11.5 Å². The Kier molecular flexibility index (Phi) is 2.34. The van der Waals surface area contributed by atoms with Crippen molar-refractivity contribution in [1.82, 2.24) is 0 Å². The Balaban J connectivity index is 2.45. The fourth-order valence-corrected chi connectivity index (χ4v) is 1.48. The summed E-state index contributed by atoms with van der Waals surface area (Å²) < 4.78 is 42.7. The molecule has 0 saturated carbocycles. The highest BCUT2D eigenvalue weighted by atomic mass is 19.4. The first kappa shape index (κ1) is 11.8.